The van der Waals surface area contributed by atoms with Gasteiger partial charge in [-0.2, -0.15) is 0 Å². The first-order valence-electron chi connectivity index (χ1n) is 5.45. The van der Waals surface area contributed by atoms with E-state index in [4.69, 9.17) is 22.1 Å². The molecule has 0 aliphatic heterocycles. The molecular formula is C13H12ClFN2O. The van der Waals surface area contributed by atoms with Gasteiger partial charge in [-0.1, -0.05) is 11.6 Å². The maximum absolute atomic E-state index is 13.4. The third-order valence-corrected chi connectivity index (χ3v) is 2.49. The lowest BCUT2D eigenvalue weighted by molar-refractivity contribution is 0.473. The zero-order valence-corrected chi connectivity index (χ0v) is 10.3. The Morgan fingerprint density at radius 3 is 2.72 bits per heavy atom. The molecule has 2 rings (SSSR count). The Labute approximate surface area is 109 Å². The number of nitrogens with two attached hydrogens (primary N) is 1. The number of pyridine rings is 1. The van der Waals surface area contributed by atoms with Crippen LogP contribution in [0.4, 0.5) is 4.39 Å². The first-order valence-corrected chi connectivity index (χ1v) is 5.83. The van der Waals surface area contributed by atoms with Gasteiger partial charge in [0.2, 0.25) is 0 Å². The van der Waals surface area contributed by atoms with E-state index in [0.29, 0.717) is 29.5 Å². The molecule has 0 atom stereocenters. The minimum Gasteiger partial charge on any atom is -0.456 e. The van der Waals surface area contributed by atoms with Gasteiger partial charge in [0.25, 0.3) is 0 Å². The molecule has 0 unspecified atom stereocenters. The van der Waals surface area contributed by atoms with Crippen LogP contribution in [0.1, 0.15) is 5.56 Å². The van der Waals surface area contributed by atoms with Gasteiger partial charge in [0, 0.05) is 18.3 Å². The van der Waals surface area contributed by atoms with Crippen LogP contribution >= 0.6 is 11.6 Å². The van der Waals surface area contributed by atoms with E-state index in [2.05, 4.69) is 4.98 Å². The summed E-state index contributed by atoms with van der Waals surface area (Å²) in [5.74, 6) is 0.514. The van der Waals surface area contributed by atoms with Crippen LogP contribution < -0.4 is 10.5 Å². The predicted octanol–water partition coefficient (Wildman–Crippen LogP) is 3.17. The van der Waals surface area contributed by atoms with E-state index < -0.39 is 0 Å². The highest BCUT2D eigenvalue weighted by molar-refractivity contribution is 6.30. The molecule has 0 saturated carbocycles. The topological polar surface area (TPSA) is 48.1 Å². The summed E-state index contributed by atoms with van der Waals surface area (Å²) >= 11 is 5.79. The summed E-state index contributed by atoms with van der Waals surface area (Å²) in [5, 5.41) is 0.464. The third kappa shape index (κ3) is 3.42. The Morgan fingerprint density at radius 2 is 2.00 bits per heavy atom. The van der Waals surface area contributed by atoms with Crippen LogP contribution in [0.25, 0.3) is 0 Å². The lowest BCUT2D eigenvalue weighted by Crippen LogP contribution is -2.03. The number of hydrogen-bond acceptors (Lipinski definition) is 3. The Hall–Kier alpha value is -1.65. The molecule has 1 aromatic carbocycles. The van der Waals surface area contributed by atoms with Crippen molar-refractivity contribution in [2.75, 3.05) is 6.54 Å². The second-order valence-corrected chi connectivity index (χ2v) is 4.21. The van der Waals surface area contributed by atoms with E-state index in [1.807, 2.05) is 0 Å². The molecule has 1 aromatic heterocycles. The van der Waals surface area contributed by atoms with Crippen molar-refractivity contribution in [3.8, 4) is 11.5 Å². The van der Waals surface area contributed by atoms with E-state index >= 15 is 0 Å². The van der Waals surface area contributed by atoms with Crippen LogP contribution in [0.5, 0.6) is 11.5 Å². The molecule has 2 aromatic rings. The summed E-state index contributed by atoms with van der Waals surface area (Å²) in [7, 11) is 0. The van der Waals surface area contributed by atoms with Gasteiger partial charge >= 0.3 is 0 Å². The number of nitrogens with zero attached hydrogens (tertiary/aromatic N) is 1. The quantitative estimate of drug-likeness (QED) is 0.925. The van der Waals surface area contributed by atoms with Crippen molar-refractivity contribution in [3.63, 3.8) is 0 Å². The van der Waals surface area contributed by atoms with Crippen LogP contribution in [0.3, 0.4) is 0 Å². The van der Waals surface area contributed by atoms with Gasteiger partial charge in [0.1, 0.15) is 17.3 Å². The molecule has 3 nitrogen and oxygen atoms in total. The van der Waals surface area contributed by atoms with Gasteiger partial charge in [-0.25, -0.2) is 4.39 Å². The smallest absolute Gasteiger partial charge is 0.147 e. The fraction of sp³-hybridized carbons (Fsp3) is 0.154. The molecule has 0 saturated heterocycles. The number of rotatable bonds is 4. The van der Waals surface area contributed by atoms with Crippen molar-refractivity contribution >= 4 is 11.6 Å². The summed E-state index contributed by atoms with van der Waals surface area (Å²) in [6, 6.07) is 6.11. The fourth-order valence-electron chi connectivity index (χ4n) is 1.57. The first-order chi connectivity index (χ1) is 8.67. The van der Waals surface area contributed by atoms with Crippen molar-refractivity contribution in [1.29, 1.82) is 0 Å². The number of hydrogen-bond donors (Lipinski definition) is 1. The highest BCUT2D eigenvalue weighted by Crippen LogP contribution is 2.25. The Kier molecular flexibility index (Phi) is 4.12. The maximum atomic E-state index is 13.4. The number of ether oxygens (including phenoxy) is 1. The normalized spacial score (nSPS) is 10.4. The van der Waals surface area contributed by atoms with Gasteiger partial charge in [-0.15, -0.1) is 0 Å². The number of halogens is 2. The standard InChI is InChI=1S/C13H12ClFN2O/c14-10-5-13(8-17-7-10)18-12-4-9(1-2-16)3-11(15)6-12/h3-8H,1-2,16H2. The molecule has 0 fully saturated rings. The largest absolute Gasteiger partial charge is 0.456 e. The lowest BCUT2D eigenvalue weighted by atomic mass is 10.1. The first kappa shape index (κ1) is 12.8. The molecule has 2 N–H and O–H groups in total. The third-order valence-electron chi connectivity index (χ3n) is 2.28. The van der Waals surface area contributed by atoms with Gasteiger partial charge in [0.05, 0.1) is 11.2 Å². The Balaban J connectivity index is 2.23. The highest BCUT2D eigenvalue weighted by atomic mass is 35.5. The van der Waals surface area contributed by atoms with Crippen LogP contribution in [0.2, 0.25) is 5.02 Å². The van der Waals surface area contributed by atoms with Gasteiger partial charge in [0.15, 0.2) is 0 Å². The molecule has 18 heavy (non-hydrogen) atoms. The summed E-state index contributed by atoms with van der Waals surface area (Å²) in [6.07, 6.45) is 3.61. The number of benzene rings is 1. The van der Waals surface area contributed by atoms with Crippen LogP contribution in [-0.4, -0.2) is 11.5 Å². The maximum Gasteiger partial charge on any atom is 0.147 e. The molecule has 94 valence electrons. The van der Waals surface area contributed by atoms with E-state index in [0.717, 1.165) is 5.56 Å². The van der Waals surface area contributed by atoms with Crippen molar-refractivity contribution in [2.45, 2.75) is 6.42 Å². The van der Waals surface area contributed by atoms with E-state index in [1.54, 1.807) is 12.1 Å². The average Bonchev–Trinajstić information content (AvgIpc) is 2.28. The van der Waals surface area contributed by atoms with Crippen molar-refractivity contribution < 1.29 is 9.13 Å². The van der Waals surface area contributed by atoms with Crippen LogP contribution in [-0.2, 0) is 6.42 Å². The second-order valence-electron chi connectivity index (χ2n) is 3.77. The zero-order valence-electron chi connectivity index (χ0n) is 9.57. The summed E-state index contributed by atoms with van der Waals surface area (Å²) in [4.78, 5) is 3.89. The van der Waals surface area contributed by atoms with Crippen molar-refractivity contribution in [3.05, 3.63) is 53.1 Å². The zero-order chi connectivity index (χ0) is 13.0. The molecule has 1 heterocycles. The molecule has 0 aliphatic carbocycles. The summed E-state index contributed by atoms with van der Waals surface area (Å²) < 4.78 is 18.9. The average molecular weight is 267 g/mol. The molecule has 0 bridgehead atoms. The van der Waals surface area contributed by atoms with E-state index in [9.17, 15) is 4.39 Å². The van der Waals surface area contributed by atoms with Crippen LogP contribution in [0, 0.1) is 5.82 Å². The Bertz CT molecular complexity index is 548. The molecular weight excluding hydrogens is 255 g/mol. The fourth-order valence-corrected chi connectivity index (χ4v) is 1.74. The number of aromatic nitrogens is 1. The highest BCUT2D eigenvalue weighted by Gasteiger charge is 2.04. The molecule has 0 aliphatic rings. The van der Waals surface area contributed by atoms with Gasteiger partial charge < -0.3 is 10.5 Å². The molecule has 0 amide bonds. The minimum atomic E-state index is -0.356. The monoisotopic (exact) mass is 266 g/mol. The SMILES string of the molecule is NCCc1cc(F)cc(Oc2cncc(Cl)c2)c1. The Morgan fingerprint density at radius 1 is 1.17 bits per heavy atom. The van der Waals surface area contributed by atoms with E-state index in [-0.39, 0.29) is 5.82 Å². The minimum absolute atomic E-state index is 0.356. The molecule has 5 heteroatoms. The predicted molar refractivity (Wildman–Crippen MR) is 68.5 cm³/mol. The van der Waals surface area contributed by atoms with Crippen LogP contribution in [0.15, 0.2) is 36.7 Å². The van der Waals surface area contributed by atoms with Gasteiger partial charge in [-0.3, -0.25) is 4.98 Å². The second kappa shape index (κ2) is 5.80. The lowest BCUT2D eigenvalue weighted by Gasteiger charge is -2.07. The summed E-state index contributed by atoms with van der Waals surface area (Å²) in [5.41, 5.74) is 6.24. The van der Waals surface area contributed by atoms with Crippen molar-refractivity contribution in [2.24, 2.45) is 5.73 Å². The van der Waals surface area contributed by atoms with Crippen molar-refractivity contribution in [1.82, 2.24) is 4.98 Å². The van der Waals surface area contributed by atoms with Gasteiger partial charge in [-0.05, 0) is 30.7 Å². The molecule has 0 radical (unpaired) electrons. The summed E-state index contributed by atoms with van der Waals surface area (Å²) in [6.45, 7) is 0.460. The molecule has 0 spiro atoms. The van der Waals surface area contributed by atoms with E-state index in [1.165, 1.54) is 24.5 Å².